The van der Waals surface area contributed by atoms with E-state index in [-0.39, 0.29) is 5.69 Å². The van der Waals surface area contributed by atoms with Crippen LogP contribution in [0.5, 0.6) is 0 Å². The highest BCUT2D eigenvalue weighted by Gasteiger charge is 2.39. The number of nitrogens with zero attached hydrogens (tertiary/aromatic N) is 1. The summed E-state index contributed by atoms with van der Waals surface area (Å²) in [5, 5.41) is 0. The molecule has 0 radical (unpaired) electrons. The average Bonchev–Trinajstić information content (AvgIpc) is 2.92. The number of hydrogen-bond acceptors (Lipinski definition) is 2. The number of piperidine rings is 1. The molecule has 2 N–H and O–H groups in total. The van der Waals surface area contributed by atoms with Crippen LogP contribution in [0.2, 0.25) is 0 Å². The largest absolute Gasteiger partial charge is 0.416 e. The Balaban J connectivity index is 1.84. The predicted octanol–water partition coefficient (Wildman–Crippen LogP) is 3.27. The maximum Gasteiger partial charge on any atom is 0.416 e. The Kier molecular flexibility index (Phi) is 2.96. The SMILES string of the molecule is Nc1ccc(CN2CC3CCC2C3)c(C(F)(F)F)c1. The summed E-state index contributed by atoms with van der Waals surface area (Å²) < 4.78 is 39.0. The zero-order chi connectivity index (χ0) is 13.6. The molecule has 2 bridgehead atoms. The summed E-state index contributed by atoms with van der Waals surface area (Å²) >= 11 is 0. The van der Waals surface area contributed by atoms with E-state index in [0.29, 0.717) is 24.1 Å². The molecule has 1 aromatic rings. The van der Waals surface area contributed by atoms with Gasteiger partial charge >= 0.3 is 6.18 Å². The van der Waals surface area contributed by atoms with Gasteiger partial charge in [0.2, 0.25) is 0 Å². The standard InChI is InChI=1S/C14H17F3N2/c15-14(16,17)13-6-11(18)3-2-10(13)8-19-7-9-1-4-12(19)5-9/h2-3,6,9,12H,1,4-5,7-8,18H2. The number of rotatable bonds is 2. The van der Waals surface area contributed by atoms with E-state index in [4.69, 9.17) is 5.73 Å². The number of nitrogen functional groups attached to an aromatic ring is 1. The van der Waals surface area contributed by atoms with Crippen LogP contribution in [0, 0.1) is 5.92 Å². The van der Waals surface area contributed by atoms with E-state index in [0.717, 1.165) is 25.5 Å². The first-order valence-electron chi connectivity index (χ1n) is 6.63. The van der Waals surface area contributed by atoms with Crippen molar-refractivity contribution in [3.8, 4) is 0 Å². The van der Waals surface area contributed by atoms with Crippen molar-refractivity contribution in [3.63, 3.8) is 0 Å². The van der Waals surface area contributed by atoms with Crippen LogP contribution in [-0.2, 0) is 12.7 Å². The van der Waals surface area contributed by atoms with Gasteiger partial charge in [0.05, 0.1) is 5.56 Å². The van der Waals surface area contributed by atoms with Gasteiger partial charge in [-0.15, -0.1) is 0 Å². The quantitative estimate of drug-likeness (QED) is 0.836. The minimum atomic E-state index is -4.33. The van der Waals surface area contributed by atoms with Gasteiger partial charge in [-0.05, 0) is 42.9 Å². The van der Waals surface area contributed by atoms with Crippen LogP contribution in [0.3, 0.4) is 0 Å². The Morgan fingerprint density at radius 2 is 2.05 bits per heavy atom. The first kappa shape index (κ1) is 12.8. The lowest BCUT2D eigenvalue weighted by Gasteiger charge is -2.28. The lowest BCUT2D eigenvalue weighted by molar-refractivity contribution is -0.138. The Labute approximate surface area is 110 Å². The number of likely N-dealkylation sites (tertiary alicyclic amines) is 1. The van der Waals surface area contributed by atoms with E-state index >= 15 is 0 Å². The summed E-state index contributed by atoms with van der Waals surface area (Å²) in [4.78, 5) is 2.19. The molecule has 1 aliphatic heterocycles. The highest BCUT2D eigenvalue weighted by atomic mass is 19.4. The van der Waals surface area contributed by atoms with E-state index in [9.17, 15) is 13.2 Å². The minimum Gasteiger partial charge on any atom is -0.399 e. The van der Waals surface area contributed by atoms with Crippen LogP contribution in [0.4, 0.5) is 18.9 Å². The number of benzene rings is 1. The molecule has 1 saturated heterocycles. The molecule has 2 nitrogen and oxygen atoms in total. The number of fused-ring (bicyclic) bond motifs is 2. The van der Waals surface area contributed by atoms with Crippen LogP contribution in [0.1, 0.15) is 30.4 Å². The van der Waals surface area contributed by atoms with Crippen LogP contribution < -0.4 is 5.73 Å². The third kappa shape index (κ3) is 2.43. The molecule has 0 aromatic heterocycles. The van der Waals surface area contributed by atoms with Gasteiger partial charge in [0.25, 0.3) is 0 Å². The van der Waals surface area contributed by atoms with Crippen LogP contribution >= 0.6 is 0 Å². The van der Waals surface area contributed by atoms with Gasteiger partial charge in [-0.1, -0.05) is 6.07 Å². The summed E-state index contributed by atoms with van der Waals surface area (Å²) in [6.45, 7) is 1.32. The van der Waals surface area contributed by atoms with Crippen molar-refractivity contribution >= 4 is 5.69 Å². The zero-order valence-corrected chi connectivity index (χ0v) is 10.6. The van der Waals surface area contributed by atoms with Gasteiger partial charge in [-0.2, -0.15) is 13.2 Å². The van der Waals surface area contributed by atoms with Crippen LogP contribution in [-0.4, -0.2) is 17.5 Å². The Bertz CT molecular complexity index is 484. The number of nitrogens with two attached hydrogens (primary N) is 1. The van der Waals surface area contributed by atoms with Crippen molar-refractivity contribution in [2.75, 3.05) is 12.3 Å². The molecular weight excluding hydrogens is 253 g/mol. The van der Waals surface area contributed by atoms with Crippen molar-refractivity contribution in [3.05, 3.63) is 29.3 Å². The van der Waals surface area contributed by atoms with Crippen LogP contribution in [0.15, 0.2) is 18.2 Å². The molecule has 5 heteroatoms. The second-order valence-electron chi connectivity index (χ2n) is 5.68. The fourth-order valence-corrected chi connectivity index (χ4v) is 3.44. The smallest absolute Gasteiger partial charge is 0.399 e. The summed E-state index contributed by atoms with van der Waals surface area (Å²) in [7, 11) is 0. The zero-order valence-electron chi connectivity index (χ0n) is 10.6. The molecule has 1 aliphatic carbocycles. The maximum atomic E-state index is 13.0. The molecule has 2 fully saturated rings. The van der Waals surface area contributed by atoms with Crippen molar-refractivity contribution < 1.29 is 13.2 Å². The monoisotopic (exact) mass is 270 g/mol. The van der Waals surface area contributed by atoms with Gasteiger partial charge in [0.15, 0.2) is 0 Å². The van der Waals surface area contributed by atoms with Gasteiger partial charge < -0.3 is 5.73 Å². The molecule has 1 aromatic carbocycles. The molecule has 2 unspecified atom stereocenters. The average molecular weight is 270 g/mol. The van der Waals surface area contributed by atoms with Crippen LogP contribution in [0.25, 0.3) is 0 Å². The number of hydrogen-bond donors (Lipinski definition) is 1. The molecular formula is C14H17F3N2. The highest BCUT2D eigenvalue weighted by Crippen LogP contribution is 2.40. The number of halogens is 3. The van der Waals surface area contributed by atoms with Crippen molar-refractivity contribution in [1.29, 1.82) is 0 Å². The van der Waals surface area contributed by atoms with E-state index < -0.39 is 11.7 Å². The molecule has 2 atom stereocenters. The van der Waals surface area contributed by atoms with Gasteiger partial charge in [0, 0.05) is 24.8 Å². The van der Waals surface area contributed by atoms with E-state index in [2.05, 4.69) is 4.90 Å². The third-order valence-corrected chi connectivity index (χ3v) is 4.34. The highest BCUT2D eigenvalue weighted by molar-refractivity contribution is 5.46. The summed E-state index contributed by atoms with van der Waals surface area (Å²) in [5.41, 5.74) is 5.40. The Morgan fingerprint density at radius 1 is 1.26 bits per heavy atom. The predicted molar refractivity (Wildman–Crippen MR) is 67.4 cm³/mol. The summed E-state index contributed by atoms with van der Waals surface area (Å²) in [5.74, 6) is 0.688. The van der Waals surface area contributed by atoms with Gasteiger partial charge in [-0.3, -0.25) is 4.90 Å². The maximum absolute atomic E-state index is 13.0. The fourth-order valence-electron chi connectivity index (χ4n) is 3.44. The molecule has 104 valence electrons. The van der Waals surface area contributed by atoms with Crippen molar-refractivity contribution in [2.45, 2.75) is 38.0 Å². The Morgan fingerprint density at radius 3 is 2.63 bits per heavy atom. The number of alkyl halides is 3. The first-order chi connectivity index (χ1) is 8.93. The topological polar surface area (TPSA) is 29.3 Å². The lowest BCUT2D eigenvalue weighted by Crippen LogP contribution is -2.32. The van der Waals surface area contributed by atoms with Gasteiger partial charge in [0.1, 0.15) is 0 Å². The van der Waals surface area contributed by atoms with Gasteiger partial charge in [-0.25, -0.2) is 0 Å². The second-order valence-corrected chi connectivity index (χ2v) is 5.68. The number of anilines is 1. The second kappa shape index (κ2) is 4.40. The van der Waals surface area contributed by atoms with Crippen molar-refractivity contribution in [1.82, 2.24) is 4.90 Å². The summed E-state index contributed by atoms with van der Waals surface area (Å²) in [6.07, 6.45) is -0.824. The van der Waals surface area contributed by atoms with Crippen molar-refractivity contribution in [2.24, 2.45) is 5.92 Å². The minimum absolute atomic E-state index is 0.166. The van der Waals surface area contributed by atoms with E-state index in [1.165, 1.54) is 12.5 Å². The fraction of sp³-hybridized carbons (Fsp3) is 0.571. The summed E-state index contributed by atoms with van der Waals surface area (Å²) in [6, 6.07) is 4.59. The molecule has 3 rings (SSSR count). The molecule has 1 saturated carbocycles. The molecule has 0 amide bonds. The molecule has 0 spiro atoms. The molecule has 1 heterocycles. The normalized spacial score (nSPS) is 27.1. The van der Waals surface area contributed by atoms with E-state index in [1.54, 1.807) is 6.07 Å². The lowest BCUT2D eigenvalue weighted by atomic mass is 10.0. The Hall–Kier alpha value is -1.23. The third-order valence-electron chi connectivity index (χ3n) is 4.34. The first-order valence-corrected chi connectivity index (χ1v) is 6.63. The molecule has 19 heavy (non-hydrogen) atoms. The molecule has 2 aliphatic rings. The van der Waals surface area contributed by atoms with E-state index in [1.807, 2.05) is 0 Å².